The van der Waals surface area contributed by atoms with Crippen LogP contribution in [0.2, 0.25) is 0 Å². The van der Waals surface area contributed by atoms with Crippen molar-refractivity contribution in [1.29, 1.82) is 0 Å². The molecule has 0 spiro atoms. The summed E-state index contributed by atoms with van der Waals surface area (Å²) in [5.41, 5.74) is 0. The Kier molecular flexibility index (Phi) is 18.1. The molecule has 0 heterocycles. The highest BCUT2D eigenvalue weighted by Gasteiger charge is 2.17. The highest BCUT2D eigenvalue weighted by molar-refractivity contribution is 5.83. The van der Waals surface area contributed by atoms with Crippen molar-refractivity contribution in [1.82, 2.24) is 5.32 Å². The predicted molar refractivity (Wildman–Crippen MR) is 115 cm³/mol. The molecule has 0 aliphatic heterocycles. The second-order valence-corrected chi connectivity index (χ2v) is 6.62. The van der Waals surface area contributed by atoms with Crippen LogP contribution in [0, 0.1) is 0 Å². The van der Waals surface area contributed by atoms with Crippen molar-refractivity contribution in [2.75, 3.05) is 6.61 Å². The maximum atomic E-state index is 11.5. The molecule has 0 saturated heterocycles. The van der Waals surface area contributed by atoms with E-state index in [0.29, 0.717) is 6.42 Å². The van der Waals surface area contributed by atoms with Crippen LogP contribution in [-0.4, -0.2) is 34.7 Å². The van der Waals surface area contributed by atoms with Gasteiger partial charge in [-0.15, -0.1) is 0 Å². The number of allylic oxidation sites excluding steroid dienone is 8. The average Bonchev–Trinajstić information content (AvgIpc) is 2.68. The fourth-order valence-electron chi connectivity index (χ4n) is 2.39. The van der Waals surface area contributed by atoms with Gasteiger partial charge in [-0.05, 0) is 44.9 Å². The average molecular weight is 392 g/mol. The van der Waals surface area contributed by atoms with Crippen molar-refractivity contribution in [3.63, 3.8) is 0 Å². The number of hydrogen-bond donors (Lipinski definition) is 3. The van der Waals surface area contributed by atoms with E-state index in [2.05, 4.69) is 54.8 Å². The summed E-state index contributed by atoms with van der Waals surface area (Å²) in [5.74, 6) is -1.58. The van der Waals surface area contributed by atoms with Gasteiger partial charge >= 0.3 is 5.97 Å². The van der Waals surface area contributed by atoms with E-state index in [1.54, 1.807) is 0 Å². The van der Waals surface area contributed by atoms with Gasteiger partial charge in [-0.3, -0.25) is 4.79 Å². The quantitative estimate of drug-likeness (QED) is 0.248. The van der Waals surface area contributed by atoms with Crippen LogP contribution in [0.3, 0.4) is 0 Å². The topological polar surface area (TPSA) is 86.6 Å². The molecule has 0 aromatic heterocycles. The molecule has 0 rings (SSSR count). The van der Waals surface area contributed by atoms with Crippen LogP contribution in [0.25, 0.3) is 0 Å². The number of nitrogens with one attached hydrogen (secondary N) is 1. The second-order valence-electron chi connectivity index (χ2n) is 6.62. The van der Waals surface area contributed by atoms with Gasteiger partial charge in [0.2, 0.25) is 5.91 Å². The van der Waals surface area contributed by atoms with Gasteiger partial charge in [0.1, 0.15) is 6.04 Å². The van der Waals surface area contributed by atoms with E-state index in [1.807, 2.05) is 6.08 Å². The van der Waals surface area contributed by atoms with E-state index < -0.39 is 18.6 Å². The van der Waals surface area contributed by atoms with Crippen LogP contribution in [0.1, 0.15) is 71.1 Å². The van der Waals surface area contributed by atoms with Crippen molar-refractivity contribution in [2.45, 2.75) is 77.2 Å². The normalized spacial score (nSPS) is 13.2. The molecule has 0 bridgehead atoms. The van der Waals surface area contributed by atoms with Crippen LogP contribution < -0.4 is 5.32 Å². The molecule has 5 heteroatoms. The van der Waals surface area contributed by atoms with Gasteiger partial charge in [0.15, 0.2) is 0 Å². The first-order valence-corrected chi connectivity index (χ1v) is 10.3. The predicted octanol–water partition coefficient (Wildman–Crippen LogP) is 4.69. The molecule has 28 heavy (non-hydrogen) atoms. The largest absolute Gasteiger partial charge is 0.480 e. The molecule has 5 nitrogen and oxygen atoms in total. The fraction of sp³-hybridized carbons (Fsp3) is 0.565. The summed E-state index contributed by atoms with van der Waals surface area (Å²) < 4.78 is 0. The standard InChI is InChI=1S/C23H37NO4/c1-2-3-4-5-6-7-8-9-10-11-12-13-14-15-16-17-18-19-22(26)24-21(20-25)23(27)28/h6-7,9-10,12-13,15-16,21,25H,2-5,8,11,14,17-20H2,1H3,(H,24,26)(H,27,28)/b7-6-,10-9-,13-12-,16-15-/t21-/m0/s1. The zero-order valence-electron chi connectivity index (χ0n) is 17.2. The molecule has 1 amide bonds. The van der Waals surface area contributed by atoms with Crippen molar-refractivity contribution < 1.29 is 19.8 Å². The monoisotopic (exact) mass is 391 g/mol. The third-order valence-corrected chi connectivity index (χ3v) is 4.05. The van der Waals surface area contributed by atoms with Crippen molar-refractivity contribution in [3.8, 4) is 0 Å². The van der Waals surface area contributed by atoms with E-state index in [4.69, 9.17) is 10.2 Å². The van der Waals surface area contributed by atoms with E-state index in [-0.39, 0.29) is 12.3 Å². The minimum absolute atomic E-state index is 0.252. The highest BCUT2D eigenvalue weighted by Crippen LogP contribution is 2.01. The number of carboxylic acids is 1. The first-order valence-electron chi connectivity index (χ1n) is 10.3. The molecule has 0 aromatic carbocycles. The first kappa shape index (κ1) is 25.9. The molecule has 0 radical (unpaired) electrons. The summed E-state index contributed by atoms with van der Waals surface area (Å²) >= 11 is 0. The third kappa shape index (κ3) is 17.3. The Morgan fingerprint density at radius 1 is 0.821 bits per heavy atom. The van der Waals surface area contributed by atoms with E-state index in [0.717, 1.165) is 25.7 Å². The number of aliphatic hydroxyl groups excluding tert-OH is 1. The smallest absolute Gasteiger partial charge is 0.328 e. The molecule has 0 aliphatic carbocycles. The summed E-state index contributed by atoms with van der Waals surface area (Å²) in [6, 6.07) is -1.22. The van der Waals surface area contributed by atoms with Crippen LogP contribution in [0.5, 0.6) is 0 Å². The molecule has 0 aliphatic rings. The van der Waals surface area contributed by atoms with Gasteiger partial charge in [-0.25, -0.2) is 4.79 Å². The number of rotatable bonds is 17. The van der Waals surface area contributed by atoms with Crippen LogP contribution >= 0.6 is 0 Å². The Morgan fingerprint density at radius 2 is 1.32 bits per heavy atom. The summed E-state index contributed by atoms with van der Waals surface area (Å²) in [4.78, 5) is 22.2. The minimum Gasteiger partial charge on any atom is -0.480 e. The lowest BCUT2D eigenvalue weighted by molar-refractivity contribution is -0.142. The number of aliphatic carboxylic acids is 1. The zero-order valence-corrected chi connectivity index (χ0v) is 17.2. The molecular weight excluding hydrogens is 354 g/mol. The highest BCUT2D eigenvalue weighted by atomic mass is 16.4. The molecule has 158 valence electrons. The fourth-order valence-corrected chi connectivity index (χ4v) is 2.39. The summed E-state index contributed by atoms with van der Waals surface area (Å²) in [6.45, 7) is 1.62. The van der Waals surface area contributed by atoms with Crippen LogP contribution in [-0.2, 0) is 9.59 Å². The summed E-state index contributed by atoms with van der Waals surface area (Å²) in [7, 11) is 0. The van der Waals surface area contributed by atoms with Crippen LogP contribution in [0.4, 0.5) is 0 Å². The Labute approximate surface area is 169 Å². The molecule has 0 unspecified atom stereocenters. The third-order valence-electron chi connectivity index (χ3n) is 4.05. The van der Waals surface area contributed by atoms with Crippen molar-refractivity contribution >= 4 is 11.9 Å². The SMILES string of the molecule is CCCCC/C=C\C/C=C\C/C=C\C/C=C\CCCC(=O)N[C@@H](CO)C(=O)O. The molecule has 3 N–H and O–H groups in total. The van der Waals surface area contributed by atoms with Crippen molar-refractivity contribution in [3.05, 3.63) is 48.6 Å². The first-order chi connectivity index (χ1) is 13.6. The number of carboxylic acid groups (broad SMARTS) is 1. The van der Waals surface area contributed by atoms with Crippen LogP contribution in [0.15, 0.2) is 48.6 Å². The van der Waals surface area contributed by atoms with E-state index in [1.165, 1.54) is 25.7 Å². The molecule has 0 fully saturated rings. The number of aliphatic hydroxyl groups is 1. The Hall–Kier alpha value is -2.14. The van der Waals surface area contributed by atoms with Gasteiger partial charge in [-0.2, -0.15) is 0 Å². The van der Waals surface area contributed by atoms with Gasteiger partial charge < -0.3 is 15.5 Å². The Balaban J connectivity index is 3.62. The summed E-state index contributed by atoms with van der Waals surface area (Å²) in [5, 5.41) is 19.9. The number of amides is 1. The maximum absolute atomic E-state index is 11.5. The number of unbranched alkanes of at least 4 members (excludes halogenated alkanes) is 4. The van der Waals surface area contributed by atoms with Gasteiger partial charge in [0.05, 0.1) is 6.61 Å². The second kappa shape index (κ2) is 19.6. The molecule has 1 atom stereocenters. The number of hydrogen-bond acceptors (Lipinski definition) is 3. The van der Waals surface area contributed by atoms with Gasteiger partial charge in [-0.1, -0.05) is 68.4 Å². The van der Waals surface area contributed by atoms with E-state index >= 15 is 0 Å². The van der Waals surface area contributed by atoms with Gasteiger partial charge in [0, 0.05) is 6.42 Å². The number of carbonyl (C=O) groups excluding carboxylic acids is 1. The Bertz CT molecular complexity index is 521. The summed E-state index contributed by atoms with van der Waals surface area (Å²) in [6.07, 6.45) is 26.7. The lowest BCUT2D eigenvalue weighted by Crippen LogP contribution is -2.43. The van der Waals surface area contributed by atoms with E-state index in [9.17, 15) is 9.59 Å². The zero-order chi connectivity index (χ0) is 20.9. The number of carbonyl (C=O) groups is 2. The molecule has 0 aromatic rings. The van der Waals surface area contributed by atoms with Crippen molar-refractivity contribution in [2.24, 2.45) is 0 Å². The van der Waals surface area contributed by atoms with Gasteiger partial charge in [0.25, 0.3) is 0 Å². The minimum atomic E-state index is -1.23. The maximum Gasteiger partial charge on any atom is 0.328 e. The molecular formula is C23H37NO4. The lowest BCUT2D eigenvalue weighted by Gasteiger charge is -2.10. The lowest BCUT2D eigenvalue weighted by atomic mass is 10.2. The Morgan fingerprint density at radius 3 is 1.79 bits per heavy atom. The molecule has 0 saturated carbocycles.